The first kappa shape index (κ1) is 9.79. The molecule has 6 heteroatoms. The van der Waals surface area contributed by atoms with Gasteiger partial charge in [0.05, 0.1) is 5.92 Å². The Labute approximate surface area is 84.7 Å². The number of thioether (sulfide) groups is 1. The molecular formula is C8H11NO4S. The third kappa shape index (κ3) is 1.14. The van der Waals surface area contributed by atoms with Crippen LogP contribution >= 0.6 is 11.8 Å². The molecule has 4 atom stereocenters. The molecule has 2 rings (SSSR count). The average Bonchev–Trinajstić information content (AvgIpc) is 2.79. The summed E-state index contributed by atoms with van der Waals surface area (Å²) in [5.41, 5.74) is 4.42. The first-order valence-electron chi connectivity index (χ1n) is 4.35. The van der Waals surface area contributed by atoms with Crippen molar-refractivity contribution in [2.24, 2.45) is 17.6 Å². The van der Waals surface area contributed by atoms with Crippen LogP contribution in [0.15, 0.2) is 0 Å². The van der Waals surface area contributed by atoms with Gasteiger partial charge in [-0.1, -0.05) is 0 Å². The highest BCUT2D eigenvalue weighted by Gasteiger charge is 2.68. The molecule has 0 radical (unpaired) electrons. The zero-order chi connectivity index (χ0) is 10.5. The fourth-order valence-corrected chi connectivity index (χ4v) is 3.93. The summed E-state index contributed by atoms with van der Waals surface area (Å²) in [5, 5.41) is 17.7. The van der Waals surface area contributed by atoms with Crippen LogP contribution < -0.4 is 5.73 Å². The second-order valence-corrected chi connectivity index (χ2v) is 5.11. The lowest BCUT2D eigenvalue weighted by molar-refractivity contribution is -0.145. The Bertz CT molecular complexity index is 308. The fourth-order valence-electron chi connectivity index (χ4n) is 2.18. The van der Waals surface area contributed by atoms with Gasteiger partial charge in [0.1, 0.15) is 5.54 Å². The third-order valence-electron chi connectivity index (χ3n) is 3.06. The average molecular weight is 217 g/mol. The van der Waals surface area contributed by atoms with Crippen LogP contribution in [0.3, 0.4) is 0 Å². The van der Waals surface area contributed by atoms with E-state index in [9.17, 15) is 9.59 Å². The van der Waals surface area contributed by atoms with Crippen LogP contribution in [0.1, 0.15) is 6.42 Å². The minimum absolute atomic E-state index is 0.0950. The zero-order valence-electron chi connectivity index (χ0n) is 7.34. The van der Waals surface area contributed by atoms with Crippen molar-refractivity contribution < 1.29 is 19.8 Å². The van der Waals surface area contributed by atoms with E-state index in [-0.39, 0.29) is 5.25 Å². The molecule has 0 spiro atoms. The van der Waals surface area contributed by atoms with Crippen molar-refractivity contribution in [3.8, 4) is 0 Å². The van der Waals surface area contributed by atoms with Crippen molar-refractivity contribution in [2.45, 2.75) is 17.2 Å². The van der Waals surface area contributed by atoms with Gasteiger partial charge in [-0.05, 0) is 12.2 Å². The number of rotatable bonds is 2. The van der Waals surface area contributed by atoms with E-state index in [1.807, 2.05) is 0 Å². The number of carbonyl (C=O) groups is 2. The standard InChI is InChI=1S/C8H11NO4S/c9-8(7(12)13)1-2-14-5-3(4(5)8)6(10)11/h3-5H,1-2,9H2,(H,10,11)(H,12,13)/t3-,4-,5+,8-/m1/s1. The van der Waals surface area contributed by atoms with E-state index in [0.29, 0.717) is 12.2 Å². The molecule has 0 amide bonds. The molecule has 78 valence electrons. The van der Waals surface area contributed by atoms with Gasteiger partial charge in [0.25, 0.3) is 0 Å². The highest BCUT2D eigenvalue weighted by atomic mass is 32.2. The van der Waals surface area contributed by atoms with Gasteiger partial charge in [-0.15, -0.1) is 0 Å². The lowest BCUT2D eigenvalue weighted by Gasteiger charge is -2.28. The van der Waals surface area contributed by atoms with Crippen LogP contribution in [0.2, 0.25) is 0 Å². The maximum atomic E-state index is 11.0. The van der Waals surface area contributed by atoms with Crippen molar-refractivity contribution >= 4 is 23.7 Å². The normalized spacial score (nSPS) is 45.4. The molecule has 0 unspecified atom stereocenters. The van der Waals surface area contributed by atoms with Crippen LogP contribution in [-0.2, 0) is 9.59 Å². The van der Waals surface area contributed by atoms with Crippen LogP contribution in [0.4, 0.5) is 0 Å². The lowest BCUT2D eigenvalue weighted by Crippen LogP contribution is -2.53. The quantitative estimate of drug-likeness (QED) is 0.582. The number of carboxylic acids is 2. The van der Waals surface area contributed by atoms with E-state index in [2.05, 4.69) is 0 Å². The number of fused-ring (bicyclic) bond motifs is 1. The maximum Gasteiger partial charge on any atom is 0.324 e. The van der Waals surface area contributed by atoms with Crippen molar-refractivity contribution in [2.75, 3.05) is 5.75 Å². The molecule has 1 aliphatic carbocycles. The number of carboxylic acid groups (broad SMARTS) is 2. The second kappa shape index (κ2) is 2.87. The van der Waals surface area contributed by atoms with E-state index >= 15 is 0 Å². The summed E-state index contributed by atoms with van der Waals surface area (Å²) in [4.78, 5) is 21.7. The van der Waals surface area contributed by atoms with Crippen molar-refractivity contribution in [3.05, 3.63) is 0 Å². The van der Waals surface area contributed by atoms with Gasteiger partial charge in [-0.3, -0.25) is 9.59 Å². The molecular weight excluding hydrogens is 206 g/mol. The van der Waals surface area contributed by atoms with Gasteiger partial charge in [-0.2, -0.15) is 11.8 Å². The van der Waals surface area contributed by atoms with Crippen LogP contribution in [0.5, 0.6) is 0 Å². The molecule has 1 heterocycles. The first-order chi connectivity index (χ1) is 6.48. The zero-order valence-corrected chi connectivity index (χ0v) is 8.16. The Hall–Kier alpha value is -0.750. The number of hydrogen-bond donors (Lipinski definition) is 3. The van der Waals surface area contributed by atoms with E-state index < -0.39 is 29.3 Å². The molecule has 4 N–H and O–H groups in total. The van der Waals surface area contributed by atoms with Crippen LogP contribution in [-0.4, -0.2) is 38.7 Å². The van der Waals surface area contributed by atoms with Crippen molar-refractivity contribution in [1.29, 1.82) is 0 Å². The van der Waals surface area contributed by atoms with E-state index in [4.69, 9.17) is 15.9 Å². The second-order valence-electron chi connectivity index (χ2n) is 3.82. The minimum atomic E-state index is -1.32. The Morgan fingerprint density at radius 2 is 2.07 bits per heavy atom. The third-order valence-corrected chi connectivity index (χ3v) is 4.47. The van der Waals surface area contributed by atoms with Gasteiger partial charge in [-0.25, -0.2) is 0 Å². The van der Waals surface area contributed by atoms with Gasteiger partial charge >= 0.3 is 11.9 Å². The highest BCUT2D eigenvalue weighted by molar-refractivity contribution is 8.00. The molecule has 1 saturated heterocycles. The topological polar surface area (TPSA) is 101 Å². The van der Waals surface area contributed by atoms with Gasteiger partial charge in [0, 0.05) is 11.2 Å². The largest absolute Gasteiger partial charge is 0.481 e. The molecule has 0 bridgehead atoms. The molecule has 1 saturated carbocycles. The molecule has 5 nitrogen and oxygen atoms in total. The molecule has 14 heavy (non-hydrogen) atoms. The lowest BCUT2D eigenvalue weighted by atomic mass is 9.90. The number of hydrogen-bond acceptors (Lipinski definition) is 4. The summed E-state index contributed by atoms with van der Waals surface area (Å²) in [6.07, 6.45) is 0.359. The minimum Gasteiger partial charge on any atom is -0.481 e. The number of nitrogens with two attached hydrogens (primary N) is 1. The summed E-state index contributed by atoms with van der Waals surface area (Å²) in [6.45, 7) is 0. The summed E-state index contributed by atoms with van der Waals surface area (Å²) in [7, 11) is 0. The molecule has 2 fully saturated rings. The van der Waals surface area contributed by atoms with Crippen molar-refractivity contribution in [3.63, 3.8) is 0 Å². The van der Waals surface area contributed by atoms with E-state index in [0.717, 1.165) is 0 Å². The summed E-state index contributed by atoms with van der Waals surface area (Å²) in [6, 6.07) is 0. The first-order valence-corrected chi connectivity index (χ1v) is 5.40. The van der Waals surface area contributed by atoms with Crippen molar-refractivity contribution in [1.82, 2.24) is 0 Å². The molecule has 1 aliphatic heterocycles. The SMILES string of the molecule is N[C@]1(C(=O)O)CCS[C@H]2[C@H](C(=O)O)[C@H]21. The Balaban J connectivity index is 2.22. The summed E-state index contributed by atoms with van der Waals surface area (Å²) >= 11 is 1.52. The predicted octanol–water partition coefficient (Wildman–Crippen LogP) is -0.395. The Kier molecular flexibility index (Phi) is 2.01. The van der Waals surface area contributed by atoms with Gasteiger partial charge in [0.2, 0.25) is 0 Å². The molecule has 2 aliphatic rings. The summed E-state index contributed by atoms with van der Waals surface area (Å²) < 4.78 is 0. The smallest absolute Gasteiger partial charge is 0.324 e. The number of aliphatic carboxylic acids is 2. The summed E-state index contributed by atoms with van der Waals surface area (Å²) in [5.74, 6) is -2.32. The van der Waals surface area contributed by atoms with Gasteiger partial charge < -0.3 is 15.9 Å². The maximum absolute atomic E-state index is 11.0. The van der Waals surface area contributed by atoms with E-state index in [1.165, 1.54) is 11.8 Å². The van der Waals surface area contributed by atoms with Crippen LogP contribution in [0, 0.1) is 11.8 Å². The van der Waals surface area contributed by atoms with Gasteiger partial charge in [0.15, 0.2) is 0 Å². The highest BCUT2D eigenvalue weighted by Crippen LogP contribution is 2.58. The Morgan fingerprint density at radius 3 is 2.57 bits per heavy atom. The Morgan fingerprint density at radius 1 is 1.43 bits per heavy atom. The predicted molar refractivity (Wildman–Crippen MR) is 50.0 cm³/mol. The van der Waals surface area contributed by atoms with E-state index in [1.54, 1.807) is 0 Å². The van der Waals surface area contributed by atoms with Crippen LogP contribution in [0.25, 0.3) is 0 Å². The molecule has 0 aromatic rings. The molecule has 0 aromatic carbocycles. The molecule has 0 aromatic heterocycles. The monoisotopic (exact) mass is 217 g/mol. The fraction of sp³-hybridized carbons (Fsp3) is 0.750.